The SMILES string of the molecule is Clc1ccccc1CNCc1ccc(OCCOc2ccccc2)cc1. The zero-order valence-corrected chi connectivity index (χ0v) is 15.3. The number of rotatable bonds is 9. The summed E-state index contributed by atoms with van der Waals surface area (Å²) in [5.41, 5.74) is 2.30. The molecule has 0 saturated heterocycles. The largest absolute Gasteiger partial charge is 0.490 e. The van der Waals surface area contributed by atoms with Crippen LogP contribution in [0.25, 0.3) is 0 Å². The molecule has 0 amide bonds. The lowest BCUT2D eigenvalue weighted by molar-refractivity contribution is 0.217. The van der Waals surface area contributed by atoms with Crippen molar-refractivity contribution in [3.05, 3.63) is 95.0 Å². The fourth-order valence-corrected chi connectivity index (χ4v) is 2.73. The molecule has 0 aliphatic rings. The highest BCUT2D eigenvalue weighted by molar-refractivity contribution is 6.31. The van der Waals surface area contributed by atoms with Crippen molar-refractivity contribution in [2.45, 2.75) is 13.1 Å². The Bertz CT molecular complexity index is 791. The summed E-state index contributed by atoms with van der Waals surface area (Å²) in [5, 5.41) is 4.20. The Morgan fingerprint density at radius 2 is 1.27 bits per heavy atom. The minimum atomic E-state index is 0.513. The van der Waals surface area contributed by atoms with Crippen LogP contribution in [0.2, 0.25) is 5.02 Å². The molecule has 0 atom stereocenters. The van der Waals surface area contributed by atoms with Crippen LogP contribution in [0.5, 0.6) is 11.5 Å². The summed E-state index contributed by atoms with van der Waals surface area (Å²) in [6, 6.07) is 25.7. The second kappa shape index (κ2) is 9.85. The van der Waals surface area contributed by atoms with Crippen LogP contribution in [0.15, 0.2) is 78.9 Å². The molecule has 3 aromatic rings. The van der Waals surface area contributed by atoms with Crippen molar-refractivity contribution < 1.29 is 9.47 Å². The van der Waals surface area contributed by atoms with E-state index < -0.39 is 0 Å². The van der Waals surface area contributed by atoms with E-state index in [1.165, 1.54) is 5.56 Å². The van der Waals surface area contributed by atoms with E-state index in [-0.39, 0.29) is 0 Å². The van der Waals surface area contributed by atoms with Gasteiger partial charge in [-0.2, -0.15) is 0 Å². The van der Waals surface area contributed by atoms with Crippen LogP contribution in [0.3, 0.4) is 0 Å². The first kappa shape index (κ1) is 18.3. The van der Waals surface area contributed by atoms with Crippen molar-refractivity contribution in [2.75, 3.05) is 13.2 Å². The molecule has 26 heavy (non-hydrogen) atoms. The molecule has 0 aliphatic heterocycles. The van der Waals surface area contributed by atoms with Gasteiger partial charge < -0.3 is 14.8 Å². The lowest BCUT2D eigenvalue weighted by Crippen LogP contribution is -2.13. The zero-order valence-electron chi connectivity index (χ0n) is 14.5. The van der Waals surface area contributed by atoms with Crippen LogP contribution in [-0.4, -0.2) is 13.2 Å². The molecule has 0 aromatic heterocycles. The predicted octanol–water partition coefficient (Wildman–Crippen LogP) is 5.09. The predicted molar refractivity (Wildman–Crippen MR) is 106 cm³/mol. The van der Waals surface area contributed by atoms with Crippen LogP contribution in [0.1, 0.15) is 11.1 Å². The molecule has 1 N–H and O–H groups in total. The van der Waals surface area contributed by atoms with Crippen molar-refractivity contribution in [3.63, 3.8) is 0 Å². The van der Waals surface area contributed by atoms with Gasteiger partial charge in [-0.05, 0) is 41.5 Å². The van der Waals surface area contributed by atoms with Gasteiger partial charge in [0, 0.05) is 18.1 Å². The maximum Gasteiger partial charge on any atom is 0.122 e. The lowest BCUT2D eigenvalue weighted by atomic mass is 10.2. The summed E-state index contributed by atoms with van der Waals surface area (Å²) >= 11 is 6.16. The average molecular weight is 368 g/mol. The smallest absolute Gasteiger partial charge is 0.122 e. The molecule has 0 unspecified atom stereocenters. The van der Waals surface area contributed by atoms with E-state index in [4.69, 9.17) is 21.1 Å². The molecule has 3 rings (SSSR count). The average Bonchev–Trinajstić information content (AvgIpc) is 2.69. The third-order valence-electron chi connectivity index (χ3n) is 3.89. The van der Waals surface area contributed by atoms with Crippen LogP contribution in [0, 0.1) is 0 Å². The van der Waals surface area contributed by atoms with Gasteiger partial charge >= 0.3 is 0 Å². The lowest BCUT2D eigenvalue weighted by Gasteiger charge is -2.10. The quantitative estimate of drug-likeness (QED) is 0.534. The van der Waals surface area contributed by atoms with E-state index in [0.29, 0.717) is 13.2 Å². The number of halogens is 1. The molecular formula is C22H22ClNO2. The molecular weight excluding hydrogens is 346 g/mol. The highest BCUT2D eigenvalue weighted by atomic mass is 35.5. The summed E-state index contributed by atoms with van der Waals surface area (Å²) in [7, 11) is 0. The monoisotopic (exact) mass is 367 g/mol. The van der Waals surface area contributed by atoms with Crippen LogP contribution in [-0.2, 0) is 13.1 Å². The first-order valence-corrected chi connectivity index (χ1v) is 9.03. The molecule has 0 fully saturated rings. The van der Waals surface area contributed by atoms with E-state index >= 15 is 0 Å². The van der Waals surface area contributed by atoms with E-state index in [9.17, 15) is 0 Å². The molecule has 4 heteroatoms. The van der Waals surface area contributed by atoms with E-state index in [1.807, 2.05) is 66.7 Å². The standard InChI is InChI=1S/C22H22ClNO2/c23-22-9-5-4-6-19(22)17-24-16-18-10-12-21(13-11-18)26-15-14-25-20-7-2-1-3-8-20/h1-13,24H,14-17H2. The van der Waals surface area contributed by atoms with Gasteiger partial charge in [-0.1, -0.05) is 60.1 Å². The van der Waals surface area contributed by atoms with E-state index in [0.717, 1.165) is 35.2 Å². The number of hydrogen-bond donors (Lipinski definition) is 1. The molecule has 0 heterocycles. The second-order valence-corrected chi connectivity index (χ2v) is 6.26. The molecule has 0 spiro atoms. The van der Waals surface area contributed by atoms with Crippen molar-refractivity contribution in [1.82, 2.24) is 5.32 Å². The van der Waals surface area contributed by atoms with E-state index in [1.54, 1.807) is 0 Å². The Labute approximate surface area is 159 Å². The summed E-state index contributed by atoms with van der Waals surface area (Å²) in [5.74, 6) is 1.70. The molecule has 134 valence electrons. The summed E-state index contributed by atoms with van der Waals surface area (Å²) < 4.78 is 11.3. The van der Waals surface area contributed by atoms with Gasteiger partial charge in [0.2, 0.25) is 0 Å². The highest BCUT2D eigenvalue weighted by Crippen LogP contribution is 2.15. The molecule has 0 bridgehead atoms. The van der Waals surface area contributed by atoms with Crippen molar-refractivity contribution >= 4 is 11.6 Å². The number of hydrogen-bond acceptors (Lipinski definition) is 3. The van der Waals surface area contributed by atoms with Gasteiger partial charge in [-0.25, -0.2) is 0 Å². The Kier molecular flexibility index (Phi) is 6.94. The minimum Gasteiger partial charge on any atom is -0.490 e. The molecule has 3 aromatic carbocycles. The Morgan fingerprint density at radius 1 is 0.654 bits per heavy atom. The fraction of sp³-hybridized carbons (Fsp3) is 0.182. The highest BCUT2D eigenvalue weighted by Gasteiger charge is 2.00. The first-order chi connectivity index (χ1) is 12.8. The number of benzene rings is 3. The zero-order chi connectivity index (χ0) is 18.0. The summed E-state index contributed by atoms with van der Waals surface area (Å²) in [6.45, 7) is 2.56. The molecule has 0 radical (unpaired) electrons. The second-order valence-electron chi connectivity index (χ2n) is 5.85. The van der Waals surface area contributed by atoms with Gasteiger partial charge in [-0.15, -0.1) is 0 Å². The number of nitrogens with one attached hydrogen (secondary N) is 1. The fourth-order valence-electron chi connectivity index (χ4n) is 2.52. The van der Waals surface area contributed by atoms with Gasteiger partial charge in [0.1, 0.15) is 24.7 Å². The number of ether oxygens (including phenoxy) is 2. The topological polar surface area (TPSA) is 30.5 Å². The van der Waals surface area contributed by atoms with Gasteiger partial charge in [0.25, 0.3) is 0 Å². The summed E-state index contributed by atoms with van der Waals surface area (Å²) in [4.78, 5) is 0. The van der Waals surface area contributed by atoms with Gasteiger partial charge in [0.05, 0.1) is 0 Å². The Balaban J connectivity index is 1.37. The Morgan fingerprint density at radius 3 is 1.96 bits per heavy atom. The molecule has 3 nitrogen and oxygen atoms in total. The third-order valence-corrected chi connectivity index (χ3v) is 4.26. The maximum absolute atomic E-state index is 6.16. The third kappa shape index (κ3) is 5.80. The molecule has 0 aliphatic carbocycles. The van der Waals surface area contributed by atoms with Crippen LogP contribution < -0.4 is 14.8 Å². The minimum absolute atomic E-state index is 0.513. The van der Waals surface area contributed by atoms with Crippen molar-refractivity contribution in [2.24, 2.45) is 0 Å². The Hall–Kier alpha value is -2.49. The van der Waals surface area contributed by atoms with Gasteiger partial charge in [0.15, 0.2) is 0 Å². The summed E-state index contributed by atoms with van der Waals surface area (Å²) in [6.07, 6.45) is 0. The van der Waals surface area contributed by atoms with Crippen molar-refractivity contribution in [3.8, 4) is 11.5 Å². The van der Waals surface area contributed by atoms with E-state index in [2.05, 4.69) is 17.4 Å². The van der Waals surface area contributed by atoms with Gasteiger partial charge in [-0.3, -0.25) is 0 Å². The number of para-hydroxylation sites is 1. The first-order valence-electron chi connectivity index (χ1n) is 8.65. The normalized spacial score (nSPS) is 10.5. The maximum atomic E-state index is 6.16. The molecule has 0 saturated carbocycles. The van der Waals surface area contributed by atoms with Crippen LogP contribution in [0.4, 0.5) is 0 Å². The van der Waals surface area contributed by atoms with Crippen LogP contribution >= 0.6 is 11.6 Å². The van der Waals surface area contributed by atoms with Crippen molar-refractivity contribution in [1.29, 1.82) is 0 Å².